The highest BCUT2D eigenvalue weighted by Crippen LogP contribution is 2.56. The van der Waals surface area contributed by atoms with E-state index in [1.54, 1.807) is 5.06 Å². The van der Waals surface area contributed by atoms with Gasteiger partial charge in [-0.3, -0.25) is 0 Å². The van der Waals surface area contributed by atoms with Crippen molar-refractivity contribution >= 4 is 6.16 Å². The third kappa shape index (κ3) is 3.85. The van der Waals surface area contributed by atoms with Crippen molar-refractivity contribution in [3.63, 3.8) is 0 Å². The van der Waals surface area contributed by atoms with Crippen LogP contribution in [0.15, 0.2) is 0 Å². The molecule has 2 saturated carbocycles. The van der Waals surface area contributed by atoms with Crippen molar-refractivity contribution in [2.24, 2.45) is 17.3 Å². The third-order valence-electron chi connectivity index (χ3n) is 6.95. The van der Waals surface area contributed by atoms with Gasteiger partial charge in [-0.1, -0.05) is 57.9 Å². The van der Waals surface area contributed by atoms with Crippen LogP contribution in [0.2, 0.25) is 0 Å². The summed E-state index contributed by atoms with van der Waals surface area (Å²) in [5, 5.41) is 22.2. The maximum absolute atomic E-state index is 11.6. The van der Waals surface area contributed by atoms with Gasteiger partial charge in [0.05, 0.1) is 11.6 Å². The second kappa shape index (κ2) is 7.20. The van der Waals surface area contributed by atoms with Crippen LogP contribution in [0.5, 0.6) is 0 Å². The van der Waals surface area contributed by atoms with Gasteiger partial charge in [0.2, 0.25) is 0 Å². The van der Waals surface area contributed by atoms with Gasteiger partial charge >= 0.3 is 6.16 Å². The fourth-order valence-corrected chi connectivity index (χ4v) is 5.43. The number of hydrogen-bond acceptors (Lipinski definition) is 5. The van der Waals surface area contributed by atoms with E-state index in [0.717, 1.165) is 32.1 Å². The Morgan fingerprint density at radius 2 is 1.78 bits per heavy atom. The van der Waals surface area contributed by atoms with E-state index in [-0.39, 0.29) is 11.3 Å². The molecule has 6 heteroatoms. The SMILES string of the molecule is CC1(C)O[C@@H](C(O)C2CC2)[C@](CC2CCCCC2)(C(C)(C)C)N1OC(=O)O. The Hall–Kier alpha value is -0.850. The maximum Gasteiger partial charge on any atom is 0.525 e. The summed E-state index contributed by atoms with van der Waals surface area (Å²) in [6.45, 7) is 10.0. The zero-order chi connectivity index (χ0) is 20.0. The average Bonchev–Trinajstić information content (AvgIpc) is 3.37. The fraction of sp³-hybridized carbons (Fsp3) is 0.952. The van der Waals surface area contributed by atoms with E-state index < -0.39 is 29.6 Å². The molecule has 6 nitrogen and oxygen atoms in total. The van der Waals surface area contributed by atoms with E-state index in [9.17, 15) is 15.0 Å². The van der Waals surface area contributed by atoms with Crippen molar-refractivity contribution < 1.29 is 24.6 Å². The van der Waals surface area contributed by atoms with Crippen molar-refractivity contribution in [3.8, 4) is 0 Å². The largest absolute Gasteiger partial charge is 0.525 e. The quantitative estimate of drug-likeness (QED) is 0.724. The highest BCUT2D eigenvalue weighted by atomic mass is 16.8. The zero-order valence-corrected chi connectivity index (χ0v) is 17.5. The molecule has 3 fully saturated rings. The molecule has 0 spiro atoms. The van der Waals surface area contributed by atoms with E-state index in [1.165, 1.54) is 19.3 Å². The lowest BCUT2D eigenvalue weighted by molar-refractivity contribution is -0.265. The van der Waals surface area contributed by atoms with Crippen molar-refractivity contribution in [2.45, 2.75) is 109 Å². The van der Waals surface area contributed by atoms with Gasteiger partial charge in [0.15, 0.2) is 0 Å². The predicted octanol–water partition coefficient (Wildman–Crippen LogP) is 4.56. The highest BCUT2D eigenvalue weighted by molar-refractivity contribution is 5.56. The van der Waals surface area contributed by atoms with Gasteiger partial charge in [0.1, 0.15) is 11.8 Å². The first-order chi connectivity index (χ1) is 12.5. The van der Waals surface area contributed by atoms with E-state index in [4.69, 9.17) is 9.57 Å². The molecule has 1 heterocycles. The fourth-order valence-electron chi connectivity index (χ4n) is 5.43. The molecule has 0 aromatic rings. The Morgan fingerprint density at radius 3 is 2.26 bits per heavy atom. The molecule has 1 saturated heterocycles. The van der Waals surface area contributed by atoms with E-state index >= 15 is 0 Å². The van der Waals surface area contributed by atoms with Crippen LogP contribution in [0, 0.1) is 17.3 Å². The van der Waals surface area contributed by atoms with E-state index in [0.29, 0.717) is 5.92 Å². The topological polar surface area (TPSA) is 79.2 Å². The van der Waals surface area contributed by atoms with Crippen LogP contribution in [0.4, 0.5) is 4.79 Å². The summed E-state index contributed by atoms with van der Waals surface area (Å²) in [5.74, 6) is 0.730. The Balaban J connectivity index is 2.05. The molecular formula is C21H37NO5. The summed E-state index contributed by atoms with van der Waals surface area (Å²) in [6, 6.07) is 0. The van der Waals surface area contributed by atoms with Crippen LogP contribution in [0.1, 0.15) is 86.0 Å². The standard InChI is InChI=1S/C21H37NO5/c1-19(2,3)21(13-14-9-7-6-8-10-14)17(16(23)15-11-12-15)26-20(4,5)22(21)27-18(24)25/h14-17,23H,6-13H2,1-5H3,(H,24,25)/t16?,17-,21+/m0/s1. The molecule has 0 radical (unpaired) electrons. The Kier molecular flexibility index (Phi) is 5.56. The van der Waals surface area contributed by atoms with Gasteiger partial charge in [-0.2, -0.15) is 0 Å². The predicted molar refractivity (Wildman–Crippen MR) is 102 cm³/mol. The van der Waals surface area contributed by atoms with Gasteiger partial charge in [-0.15, -0.1) is 0 Å². The molecule has 2 N–H and O–H groups in total. The van der Waals surface area contributed by atoms with Crippen LogP contribution in [-0.2, 0) is 9.57 Å². The second-order valence-corrected chi connectivity index (χ2v) is 10.3. The first-order valence-electron chi connectivity index (χ1n) is 10.6. The third-order valence-corrected chi connectivity index (χ3v) is 6.95. The molecule has 0 amide bonds. The smallest absolute Gasteiger partial charge is 0.448 e. The van der Waals surface area contributed by atoms with E-state index in [1.807, 2.05) is 13.8 Å². The average molecular weight is 384 g/mol. The number of aliphatic hydroxyl groups excluding tert-OH is 1. The number of hydroxylamine groups is 2. The van der Waals surface area contributed by atoms with Gasteiger partial charge in [0.25, 0.3) is 0 Å². The summed E-state index contributed by atoms with van der Waals surface area (Å²) in [6.07, 6.45) is 6.37. The number of hydrogen-bond donors (Lipinski definition) is 2. The number of rotatable bonds is 5. The lowest BCUT2D eigenvalue weighted by Crippen LogP contribution is -2.65. The van der Waals surface area contributed by atoms with Crippen LogP contribution < -0.4 is 0 Å². The Labute approximate surface area is 163 Å². The van der Waals surface area contributed by atoms with Crippen molar-refractivity contribution in [3.05, 3.63) is 0 Å². The molecule has 3 rings (SSSR count). The molecule has 2 aliphatic carbocycles. The first kappa shape index (κ1) is 20.9. The van der Waals surface area contributed by atoms with Gasteiger partial charge < -0.3 is 19.8 Å². The first-order valence-corrected chi connectivity index (χ1v) is 10.6. The molecule has 27 heavy (non-hydrogen) atoms. The van der Waals surface area contributed by atoms with Crippen molar-refractivity contribution in [1.29, 1.82) is 0 Å². The number of carboxylic acid groups (broad SMARTS) is 1. The van der Waals surface area contributed by atoms with Crippen LogP contribution in [0.3, 0.4) is 0 Å². The lowest BCUT2D eigenvalue weighted by atomic mass is 9.63. The molecule has 0 aromatic carbocycles. The summed E-state index contributed by atoms with van der Waals surface area (Å²) in [5.41, 5.74) is -1.98. The summed E-state index contributed by atoms with van der Waals surface area (Å²) in [4.78, 5) is 17.0. The molecule has 1 aliphatic heterocycles. The van der Waals surface area contributed by atoms with Crippen LogP contribution in [-0.4, -0.2) is 44.9 Å². The second-order valence-electron chi connectivity index (χ2n) is 10.3. The normalized spacial score (nSPS) is 33.8. The minimum absolute atomic E-state index is 0.239. The molecule has 3 atom stereocenters. The summed E-state index contributed by atoms with van der Waals surface area (Å²) in [7, 11) is 0. The monoisotopic (exact) mass is 383 g/mol. The molecule has 0 aromatic heterocycles. The number of nitrogens with zero attached hydrogens (tertiary/aromatic N) is 1. The highest BCUT2D eigenvalue weighted by Gasteiger charge is 2.68. The maximum atomic E-state index is 11.6. The molecule has 1 unspecified atom stereocenters. The van der Waals surface area contributed by atoms with Crippen molar-refractivity contribution in [2.75, 3.05) is 0 Å². The van der Waals surface area contributed by atoms with Crippen molar-refractivity contribution in [1.82, 2.24) is 5.06 Å². The van der Waals surface area contributed by atoms with Crippen LogP contribution >= 0.6 is 0 Å². The van der Waals surface area contributed by atoms with Gasteiger partial charge in [-0.05, 0) is 50.4 Å². The Bertz CT molecular complexity index is 547. The van der Waals surface area contributed by atoms with Gasteiger partial charge in [0, 0.05) is 0 Å². The Morgan fingerprint density at radius 1 is 1.19 bits per heavy atom. The number of carbonyl (C=O) groups is 1. The van der Waals surface area contributed by atoms with E-state index in [2.05, 4.69) is 20.8 Å². The minimum Gasteiger partial charge on any atom is -0.448 e. The lowest BCUT2D eigenvalue weighted by Gasteiger charge is -2.51. The number of aliphatic hydroxyl groups is 1. The molecule has 3 aliphatic rings. The molecular weight excluding hydrogens is 346 g/mol. The van der Waals surface area contributed by atoms with Crippen LogP contribution in [0.25, 0.3) is 0 Å². The zero-order valence-electron chi connectivity index (χ0n) is 17.5. The summed E-state index contributed by atoms with van der Waals surface area (Å²) >= 11 is 0. The minimum atomic E-state index is -1.33. The summed E-state index contributed by atoms with van der Waals surface area (Å²) < 4.78 is 6.40. The van der Waals surface area contributed by atoms with Gasteiger partial charge in [-0.25, -0.2) is 4.79 Å². The number of ether oxygens (including phenoxy) is 1. The molecule has 0 bridgehead atoms. The molecule has 156 valence electrons.